The van der Waals surface area contributed by atoms with Gasteiger partial charge >= 0.3 is 0 Å². The van der Waals surface area contributed by atoms with Crippen LogP contribution >= 0.6 is 24.4 Å². The van der Waals surface area contributed by atoms with Crippen molar-refractivity contribution in [2.24, 2.45) is 21.8 Å². The maximum absolute atomic E-state index is 13.5. The van der Waals surface area contributed by atoms with E-state index in [2.05, 4.69) is 59.7 Å². The molecule has 1 N–H and O–H groups in total. The van der Waals surface area contributed by atoms with Crippen molar-refractivity contribution in [3.63, 3.8) is 0 Å². The number of rotatable bonds is 10. The largest absolute Gasteiger partial charge is 0.342 e. The number of nitrogens with one attached hydrogen (secondary N) is 1. The van der Waals surface area contributed by atoms with E-state index in [4.69, 9.17) is 29.4 Å². The number of carbonyl (C=O) groups excluding carboxylic acids is 2. The molecule has 12 heteroatoms. The number of nitrogens with zero attached hydrogens (tertiary/aromatic N) is 7. The van der Waals surface area contributed by atoms with Gasteiger partial charge in [-0.25, -0.2) is 0 Å². The third-order valence-electron chi connectivity index (χ3n) is 10.8. The number of piperidine rings is 2. The number of thiocarbonyl (C=S) groups is 2. The van der Waals surface area contributed by atoms with E-state index in [1.165, 1.54) is 11.1 Å². The number of benzene rings is 2. The maximum Gasteiger partial charge on any atom is 0.236 e. The number of pyridine rings is 1. The van der Waals surface area contributed by atoms with Crippen LogP contribution in [0.25, 0.3) is 0 Å². The van der Waals surface area contributed by atoms with Crippen molar-refractivity contribution in [1.82, 2.24) is 29.9 Å². The van der Waals surface area contributed by atoms with Crippen molar-refractivity contribution in [3.8, 4) is 0 Å². The molecule has 1 aromatic heterocycles. The fourth-order valence-electron chi connectivity index (χ4n) is 7.73. The first-order valence-corrected chi connectivity index (χ1v) is 19.7. The minimum absolute atomic E-state index is 0.189. The zero-order valence-electron chi connectivity index (χ0n) is 30.5. The summed E-state index contributed by atoms with van der Waals surface area (Å²) in [5, 5.41) is 8.41. The molecule has 0 radical (unpaired) electrons. The topological polar surface area (TPSA) is 96.7 Å². The lowest BCUT2D eigenvalue weighted by molar-refractivity contribution is -0.134. The summed E-state index contributed by atoms with van der Waals surface area (Å²) in [6.07, 6.45) is 6.06. The molecule has 6 rings (SSSR count). The highest BCUT2D eigenvalue weighted by molar-refractivity contribution is 7.78. The highest BCUT2D eigenvalue weighted by Crippen LogP contribution is 2.25. The van der Waals surface area contributed by atoms with Crippen LogP contribution in [0, 0.1) is 11.8 Å². The van der Waals surface area contributed by atoms with Crippen LogP contribution in [0.1, 0.15) is 48.2 Å². The van der Waals surface area contributed by atoms with E-state index in [9.17, 15) is 9.59 Å². The van der Waals surface area contributed by atoms with Crippen molar-refractivity contribution in [3.05, 3.63) is 89.2 Å². The molecule has 0 atom stereocenters. The highest BCUT2D eigenvalue weighted by Gasteiger charge is 2.26. The molecule has 278 valence electrons. The second-order valence-electron chi connectivity index (χ2n) is 14.6. The average Bonchev–Trinajstić information content (AvgIpc) is 3.16. The molecule has 2 amide bonds. The zero-order valence-corrected chi connectivity index (χ0v) is 32.1. The van der Waals surface area contributed by atoms with Gasteiger partial charge < -0.3 is 15.1 Å². The smallest absolute Gasteiger partial charge is 0.236 e. The van der Waals surface area contributed by atoms with E-state index in [1.54, 1.807) is 0 Å². The molecule has 3 aliphatic heterocycles. The molecule has 2 fully saturated rings. The van der Waals surface area contributed by atoms with Crippen LogP contribution in [0.3, 0.4) is 0 Å². The molecule has 0 saturated carbocycles. The number of amides is 2. The lowest BCUT2D eigenvalue weighted by Crippen LogP contribution is -2.47. The number of hydrogen-bond donors (Lipinski definition) is 1. The quantitative estimate of drug-likeness (QED) is 0.208. The van der Waals surface area contributed by atoms with Gasteiger partial charge in [-0.05, 0) is 122 Å². The summed E-state index contributed by atoms with van der Waals surface area (Å²) in [6, 6.07) is 22.5. The van der Waals surface area contributed by atoms with Crippen molar-refractivity contribution in [2.75, 3.05) is 65.4 Å². The fourth-order valence-corrected chi connectivity index (χ4v) is 7.94. The van der Waals surface area contributed by atoms with E-state index in [-0.39, 0.29) is 11.8 Å². The molecule has 0 spiro atoms. The molecule has 53 heavy (non-hydrogen) atoms. The lowest BCUT2D eigenvalue weighted by Gasteiger charge is -2.34. The predicted octanol–water partition coefficient (Wildman–Crippen LogP) is 5.72. The molecule has 4 heterocycles. The number of aromatic nitrogens is 1. The summed E-state index contributed by atoms with van der Waals surface area (Å²) in [5.74, 6) is 1.51. The summed E-state index contributed by atoms with van der Waals surface area (Å²) in [5.41, 5.74) is 6.14. The van der Waals surface area contributed by atoms with E-state index in [1.807, 2.05) is 52.3 Å². The molecule has 0 aliphatic carbocycles. The molecule has 2 saturated heterocycles. The Balaban J connectivity index is 0.960. The molecule has 10 nitrogen and oxygen atoms in total. The molecule has 3 aromatic rings. The number of hydrogen-bond acceptors (Lipinski definition) is 10. The van der Waals surface area contributed by atoms with Crippen LogP contribution in [0.5, 0.6) is 0 Å². The number of carbonyl (C=O) groups is 2. The average molecular weight is 751 g/mol. The summed E-state index contributed by atoms with van der Waals surface area (Å²) in [7, 11) is 0. The van der Waals surface area contributed by atoms with Gasteiger partial charge in [0.15, 0.2) is 0 Å². The molecular formula is C41H50N8O2S2. The molecule has 3 aliphatic rings. The van der Waals surface area contributed by atoms with Crippen LogP contribution in [0.2, 0.25) is 0 Å². The van der Waals surface area contributed by atoms with Crippen molar-refractivity contribution in [1.29, 1.82) is 0 Å². The first-order valence-electron chi connectivity index (χ1n) is 18.9. The molecular weight excluding hydrogens is 701 g/mol. The molecule has 2 aromatic carbocycles. The second kappa shape index (κ2) is 19.9. The van der Waals surface area contributed by atoms with Crippen molar-refractivity contribution >= 4 is 57.9 Å². The standard InChI is InChI=1S/C41H50N8O2S2/c50-40(48-18-12-34(13-19-48)24-32-4-8-36(9-5-32)43-30-52)28-46-22-16-42-17-23-47(27-39-3-1-2-38(26-46)45-39)29-41(51)49-20-14-35(15-21-49)25-33-6-10-37(11-7-33)44-31-53/h1-11,34-35,42H,12-29H2. The third kappa shape index (κ3) is 12.0. The van der Waals surface area contributed by atoms with E-state index in [0.29, 0.717) is 38.0 Å². The van der Waals surface area contributed by atoms with Gasteiger partial charge in [0.1, 0.15) is 0 Å². The Labute approximate surface area is 324 Å². The van der Waals surface area contributed by atoms with Gasteiger partial charge in [-0.2, -0.15) is 9.98 Å². The van der Waals surface area contributed by atoms with Crippen LogP contribution < -0.4 is 5.32 Å². The van der Waals surface area contributed by atoms with E-state index >= 15 is 0 Å². The predicted molar refractivity (Wildman–Crippen MR) is 216 cm³/mol. The number of aliphatic imine (C=N–C) groups is 2. The van der Waals surface area contributed by atoms with Gasteiger partial charge in [0.05, 0.1) is 46.2 Å². The van der Waals surface area contributed by atoms with Gasteiger partial charge in [0.2, 0.25) is 11.8 Å². The first-order chi connectivity index (χ1) is 25.9. The SMILES string of the molecule is O=C(CN1CCNCCN(CC(=O)N2CCC(Cc3ccc(N=C=S)cc3)CC2)Cc2cccc(n2)C1)N1CCC(Cc2ccc(N=C=S)cc2)CC1. The number of fused-ring (bicyclic) bond motifs is 2. The molecule has 0 unspecified atom stereocenters. The summed E-state index contributed by atoms with van der Waals surface area (Å²) in [4.78, 5) is 48.6. The van der Waals surface area contributed by atoms with Crippen LogP contribution in [-0.2, 0) is 35.5 Å². The maximum atomic E-state index is 13.5. The minimum Gasteiger partial charge on any atom is -0.342 e. The van der Waals surface area contributed by atoms with Gasteiger partial charge in [-0.1, -0.05) is 30.3 Å². The monoisotopic (exact) mass is 750 g/mol. The Morgan fingerprint density at radius 1 is 0.642 bits per heavy atom. The Hall–Kier alpha value is -3.99. The first kappa shape index (κ1) is 38.7. The van der Waals surface area contributed by atoms with Gasteiger partial charge in [-0.15, -0.1) is 0 Å². The van der Waals surface area contributed by atoms with Crippen LogP contribution in [0.4, 0.5) is 11.4 Å². The van der Waals surface area contributed by atoms with Gasteiger partial charge in [0, 0.05) is 65.4 Å². The summed E-state index contributed by atoms with van der Waals surface area (Å²) in [6.45, 7) is 8.19. The van der Waals surface area contributed by atoms with Gasteiger partial charge in [0.25, 0.3) is 0 Å². The van der Waals surface area contributed by atoms with Gasteiger partial charge in [-0.3, -0.25) is 24.4 Å². The van der Waals surface area contributed by atoms with Crippen molar-refractivity contribution < 1.29 is 9.59 Å². The third-order valence-corrected chi connectivity index (χ3v) is 11.0. The molecule has 2 bridgehead atoms. The Bertz CT molecular complexity index is 1630. The van der Waals surface area contributed by atoms with Crippen molar-refractivity contribution in [2.45, 2.75) is 51.6 Å². The number of isothiocyanates is 2. The Morgan fingerprint density at radius 3 is 1.45 bits per heavy atom. The fraction of sp³-hybridized carbons (Fsp3) is 0.488. The highest BCUT2D eigenvalue weighted by atomic mass is 32.1. The van der Waals surface area contributed by atoms with E-state index < -0.39 is 0 Å². The normalized spacial score (nSPS) is 18.3. The summed E-state index contributed by atoms with van der Waals surface area (Å²) >= 11 is 9.41. The summed E-state index contributed by atoms with van der Waals surface area (Å²) < 4.78 is 0. The lowest BCUT2D eigenvalue weighted by atomic mass is 9.90. The zero-order chi connectivity index (χ0) is 36.8. The Morgan fingerprint density at radius 2 is 1.06 bits per heavy atom. The van der Waals surface area contributed by atoms with Crippen LogP contribution in [-0.4, -0.2) is 112 Å². The number of likely N-dealkylation sites (tertiary alicyclic amines) is 2. The second-order valence-corrected chi connectivity index (χ2v) is 15.0. The van der Waals surface area contributed by atoms with Crippen LogP contribution in [0.15, 0.2) is 76.7 Å². The van der Waals surface area contributed by atoms with E-state index in [0.717, 1.165) is 114 Å². The Kier molecular flexibility index (Phi) is 14.5. The minimum atomic E-state index is 0.189.